The lowest BCUT2D eigenvalue weighted by Crippen LogP contribution is -2.04. The van der Waals surface area contributed by atoms with Gasteiger partial charge in [-0.3, -0.25) is 0 Å². The fourth-order valence-electron chi connectivity index (χ4n) is 1.89. The van der Waals surface area contributed by atoms with E-state index >= 15 is 0 Å². The van der Waals surface area contributed by atoms with Crippen LogP contribution in [-0.2, 0) is 6.54 Å². The number of nitrogen functional groups attached to an aromatic ring is 1. The summed E-state index contributed by atoms with van der Waals surface area (Å²) in [6.07, 6.45) is 0. The molecule has 0 spiro atoms. The second kappa shape index (κ2) is 4.30. The largest absolute Gasteiger partial charge is 0.497 e. The molecule has 6 heteroatoms. The molecule has 5 nitrogen and oxygen atoms in total. The Balaban J connectivity index is 2.11. The highest BCUT2D eigenvalue weighted by Crippen LogP contribution is 2.23. The molecule has 2 N–H and O–H groups in total. The fourth-order valence-corrected chi connectivity index (χ4v) is 2.44. The summed E-state index contributed by atoms with van der Waals surface area (Å²) in [4.78, 5) is 8.59. The fraction of sp³-hybridized carbons (Fsp3) is 0.167. The number of nitrogens with zero attached hydrogens (tertiary/aromatic N) is 3. The van der Waals surface area contributed by atoms with Crippen molar-refractivity contribution in [3.63, 3.8) is 0 Å². The minimum absolute atomic E-state index is 0.492. The highest BCUT2D eigenvalue weighted by atomic mass is 32.1. The van der Waals surface area contributed by atoms with Gasteiger partial charge in [0.15, 0.2) is 0 Å². The van der Waals surface area contributed by atoms with Crippen LogP contribution in [0.15, 0.2) is 29.1 Å². The van der Waals surface area contributed by atoms with Crippen LogP contribution in [0.25, 0.3) is 11.0 Å². The highest BCUT2D eigenvalue weighted by Gasteiger charge is 2.10. The lowest BCUT2D eigenvalue weighted by atomic mass is 10.3. The minimum atomic E-state index is 0.492. The molecule has 2 heterocycles. The number of rotatable bonds is 3. The maximum atomic E-state index is 5.95. The molecule has 2 aromatic heterocycles. The Hall–Kier alpha value is -2.08. The monoisotopic (exact) mass is 260 g/mol. The zero-order valence-corrected chi connectivity index (χ0v) is 10.6. The number of hydrogen-bond acceptors (Lipinski definition) is 5. The second-order valence-electron chi connectivity index (χ2n) is 3.89. The number of methoxy groups -OCH3 is 1. The van der Waals surface area contributed by atoms with E-state index in [1.54, 1.807) is 18.4 Å². The SMILES string of the molecule is COc1ccc2nc(N)n(Cc3cscn3)c2c1. The van der Waals surface area contributed by atoms with Crippen molar-refractivity contribution in [1.29, 1.82) is 0 Å². The number of thiazole rings is 1. The van der Waals surface area contributed by atoms with Crippen LogP contribution < -0.4 is 10.5 Å². The number of imidazole rings is 1. The van der Waals surface area contributed by atoms with Gasteiger partial charge in [-0.1, -0.05) is 0 Å². The molecule has 0 radical (unpaired) electrons. The van der Waals surface area contributed by atoms with E-state index in [1.165, 1.54) is 0 Å². The van der Waals surface area contributed by atoms with Gasteiger partial charge in [-0.25, -0.2) is 9.97 Å². The van der Waals surface area contributed by atoms with Gasteiger partial charge >= 0.3 is 0 Å². The van der Waals surface area contributed by atoms with Crippen molar-refractivity contribution in [2.24, 2.45) is 0 Å². The summed E-state index contributed by atoms with van der Waals surface area (Å²) in [7, 11) is 1.64. The lowest BCUT2D eigenvalue weighted by Gasteiger charge is -2.05. The third-order valence-electron chi connectivity index (χ3n) is 2.79. The number of nitrogens with two attached hydrogens (primary N) is 1. The molecule has 0 amide bonds. The summed E-state index contributed by atoms with van der Waals surface area (Å²) in [5, 5.41) is 2.01. The van der Waals surface area contributed by atoms with E-state index in [4.69, 9.17) is 10.5 Å². The Morgan fingerprint density at radius 2 is 2.33 bits per heavy atom. The number of fused-ring (bicyclic) bond motifs is 1. The lowest BCUT2D eigenvalue weighted by molar-refractivity contribution is 0.415. The molecule has 0 fully saturated rings. The Kier molecular flexibility index (Phi) is 2.64. The first-order chi connectivity index (χ1) is 8.78. The summed E-state index contributed by atoms with van der Waals surface area (Å²) < 4.78 is 7.16. The van der Waals surface area contributed by atoms with Crippen LogP contribution in [0, 0.1) is 0 Å². The molecule has 0 aliphatic carbocycles. The number of ether oxygens (including phenoxy) is 1. The summed E-state index contributed by atoms with van der Waals surface area (Å²) in [6, 6.07) is 5.72. The number of benzene rings is 1. The van der Waals surface area contributed by atoms with E-state index in [0.717, 1.165) is 22.5 Å². The average Bonchev–Trinajstić information content (AvgIpc) is 2.99. The maximum absolute atomic E-state index is 5.95. The summed E-state index contributed by atoms with van der Waals surface area (Å²) >= 11 is 1.57. The van der Waals surface area contributed by atoms with Gasteiger partial charge in [-0.15, -0.1) is 11.3 Å². The minimum Gasteiger partial charge on any atom is -0.497 e. The van der Waals surface area contributed by atoms with Crippen LogP contribution in [0.5, 0.6) is 5.75 Å². The zero-order valence-electron chi connectivity index (χ0n) is 9.83. The van der Waals surface area contributed by atoms with Gasteiger partial charge in [0, 0.05) is 11.4 Å². The van der Waals surface area contributed by atoms with Crippen molar-refractivity contribution in [3.8, 4) is 5.75 Å². The van der Waals surface area contributed by atoms with E-state index in [2.05, 4.69) is 9.97 Å². The predicted octanol–water partition coefficient (Wildman–Crippen LogP) is 2.13. The molecule has 0 unspecified atom stereocenters. The van der Waals surface area contributed by atoms with Gasteiger partial charge in [0.1, 0.15) is 5.75 Å². The van der Waals surface area contributed by atoms with Gasteiger partial charge in [-0.05, 0) is 12.1 Å². The van der Waals surface area contributed by atoms with Crippen molar-refractivity contribution < 1.29 is 4.74 Å². The smallest absolute Gasteiger partial charge is 0.201 e. The molecule has 3 aromatic rings. The van der Waals surface area contributed by atoms with Crippen LogP contribution in [0.3, 0.4) is 0 Å². The molecular weight excluding hydrogens is 248 g/mol. The molecule has 3 rings (SSSR count). The van der Waals surface area contributed by atoms with Crippen LogP contribution >= 0.6 is 11.3 Å². The first-order valence-electron chi connectivity index (χ1n) is 5.45. The van der Waals surface area contributed by atoms with Crippen LogP contribution in [-0.4, -0.2) is 21.6 Å². The standard InChI is InChI=1S/C12H12N4OS/c1-17-9-2-3-10-11(4-9)16(12(13)15-10)5-8-6-18-7-14-8/h2-4,6-7H,5H2,1H3,(H2,13,15). The topological polar surface area (TPSA) is 66.0 Å². The first kappa shape index (κ1) is 11.0. The summed E-state index contributed by atoms with van der Waals surface area (Å²) in [5.41, 5.74) is 10.6. The predicted molar refractivity (Wildman–Crippen MR) is 71.9 cm³/mol. The van der Waals surface area contributed by atoms with E-state index in [-0.39, 0.29) is 0 Å². The molecule has 0 aliphatic heterocycles. The van der Waals surface area contributed by atoms with Crippen molar-refractivity contribution >= 4 is 28.3 Å². The third-order valence-corrected chi connectivity index (χ3v) is 3.42. The Bertz CT molecular complexity index is 675. The van der Waals surface area contributed by atoms with Crippen molar-refractivity contribution in [1.82, 2.24) is 14.5 Å². The Morgan fingerprint density at radius 3 is 3.06 bits per heavy atom. The van der Waals surface area contributed by atoms with Crippen LogP contribution in [0.4, 0.5) is 5.95 Å². The molecule has 1 aromatic carbocycles. The number of hydrogen-bond donors (Lipinski definition) is 1. The van der Waals surface area contributed by atoms with E-state index in [9.17, 15) is 0 Å². The van der Waals surface area contributed by atoms with Gasteiger partial charge in [0.2, 0.25) is 5.95 Å². The van der Waals surface area contributed by atoms with Gasteiger partial charge in [0.25, 0.3) is 0 Å². The molecule has 0 saturated carbocycles. The molecular formula is C12H12N4OS. The number of aromatic nitrogens is 3. The van der Waals surface area contributed by atoms with Gasteiger partial charge < -0.3 is 15.0 Å². The first-order valence-corrected chi connectivity index (χ1v) is 6.39. The quantitative estimate of drug-likeness (QED) is 0.783. The van der Waals surface area contributed by atoms with E-state index in [1.807, 2.05) is 33.7 Å². The normalized spacial score (nSPS) is 10.9. The van der Waals surface area contributed by atoms with Crippen molar-refractivity contribution in [2.75, 3.05) is 12.8 Å². The maximum Gasteiger partial charge on any atom is 0.201 e. The van der Waals surface area contributed by atoms with E-state index < -0.39 is 0 Å². The second-order valence-corrected chi connectivity index (χ2v) is 4.61. The number of anilines is 1. The van der Waals surface area contributed by atoms with Crippen molar-refractivity contribution in [3.05, 3.63) is 34.8 Å². The molecule has 0 aliphatic rings. The summed E-state index contributed by atoms with van der Waals surface area (Å²) in [6.45, 7) is 0.624. The molecule has 92 valence electrons. The molecule has 0 bridgehead atoms. The van der Waals surface area contributed by atoms with Crippen LogP contribution in [0.1, 0.15) is 5.69 Å². The third kappa shape index (κ3) is 1.80. The van der Waals surface area contributed by atoms with Crippen LogP contribution in [0.2, 0.25) is 0 Å². The van der Waals surface area contributed by atoms with Gasteiger partial charge in [0.05, 0.1) is 35.9 Å². The average molecular weight is 260 g/mol. The molecule has 0 atom stereocenters. The van der Waals surface area contributed by atoms with E-state index in [0.29, 0.717) is 12.5 Å². The highest BCUT2D eigenvalue weighted by molar-refractivity contribution is 7.07. The zero-order chi connectivity index (χ0) is 12.5. The van der Waals surface area contributed by atoms with Gasteiger partial charge in [-0.2, -0.15) is 0 Å². The Morgan fingerprint density at radius 1 is 1.44 bits per heavy atom. The summed E-state index contributed by atoms with van der Waals surface area (Å²) in [5.74, 6) is 1.29. The van der Waals surface area contributed by atoms with Crippen molar-refractivity contribution in [2.45, 2.75) is 6.54 Å². The molecule has 0 saturated heterocycles. The molecule has 18 heavy (non-hydrogen) atoms. The Labute approximate surface area is 108 Å².